The molecule has 7 nitrogen and oxygen atoms in total. The van der Waals surface area contributed by atoms with Gasteiger partial charge in [-0.1, -0.05) is 12.1 Å². The summed E-state index contributed by atoms with van der Waals surface area (Å²) in [5, 5.41) is 6.50. The number of hydrogen-bond acceptors (Lipinski definition) is 5. The van der Waals surface area contributed by atoms with Crippen LogP contribution in [0.15, 0.2) is 29.3 Å². The standard InChI is InChI=1S/C21H36N4O3S/c1-21(2,3)29(26,27)15-12-23-20(22-4)24-16-19(25-13-6-7-14-25)17-8-10-18(28-5)11-9-17/h8-11,19H,6-7,12-16H2,1-5H3,(H2,22,23,24). The fourth-order valence-corrected chi connectivity index (χ4v) is 4.34. The molecule has 1 fully saturated rings. The number of guanidine groups is 1. The Balaban J connectivity index is 1.97. The molecule has 2 N–H and O–H groups in total. The summed E-state index contributed by atoms with van der Waals surface area (Å²) in [6.45, 7) is 8.36. The number of nitrogens with one attached hydrogen (secondary N) is 2. The Labute approximate surface area is 175 Å². The first-order chi connectivity index (χ1) is 13.7. The predicted molar refractivity (Wildman–Crippen MR) is 119 cm³/mol. The first-order valence-corrected chi connectivity index (χ1v) is 11.9. The molecular formula is C21H36N4O3S. The Kier molecular flexibility index (Phi) is 8.34. The van der Waals surface area contributed by atoms with Gasteiger partial charge in [-0.25, -0.2) is 8.42 Å². The van der Waals surface area contributed by atoms with E-state index in [0.717, 1.165) is 18.8 Å². The lowest BCUT2D eigenvalue weighted by molar-refractivity contribution is 0.245. The van der Waals surface area contributed by atoms with E-state index in [1.807, 2.05) is 12.1 Å². The molecule has 0 radical (unpaired) electrons. The number of nitrogens with zero attached hydrogens (tertiary/aromatic N) is 2. The van der Waals surface area contributed by atoms with E-state index in [1.165, 1.54) is 18.4 Å². The van der Waals surface area contributed by atoms with E-state index in [-0.39, 0.29) is 11.8 Å². The summed E-state index contributed by atoms with van der Waals surface area (Å²) in [4.78, 5) is 6.73. The number of likely N-dealkylation sites (tertiary alicyclic amines) is 1. The van der Waals surface area contributed by atoms with Crippen molar-refractivity contribution in [2.45, 2.75) is 44.4 Å². The number of benzene rings is 1. The monoisotopic (exact) mass is 424 g/mol. The molecule has 0 spiro atoms. The SMILES string of the molecule is CN=C(NCCS(=O)(=O)C(C)(C)C)NCC(c1ccc(OC)cc1)N1CCCC1. The van der Waals surface area contributed by atoms with Gasteiger partial charge in [0.25, 0.3) is 0 Å². The predicted octanol–water partition coefficient (Wildman–Crippen LogP) is 2.21. The van der Waals surface area contributed by atoms with Crippen LogP contribution in [0.1, 0.15) is 45.2 Å². The highest BCUT2D eigenvalue weighted by molar-refractivity contribution is 7.92. The lowest BCUT2D eigenvalue weighted by Gasteiger charge is -2.29. The zero-order valence-electron chi connectivity index (χ0n) is 18.4. The normalized spacial score (nSPS) is 17.2. The average molecular weight is 425 g/mol. The van der Waals surface area contributed by atoms with Crippen molar-refractivity contribution in [3.05, 3.63) is 29.8 Å². The van der Waals surface area contributed by atoms with E-state index >= 15 is 0 Å². The van der Waals surface area contributed by atoms with Crippen molar-refractivity contribution in [3.63, 3.8) is 0 Å². The van der Waals surface area contributed by atoms with Crippen LogP contribution in [0, 0.1) is 0 Å². The molecule has 0 aliphatic carbocycles. The van der Waals surface area contributed by atoms with Gasteiger partial charge in [0.1, 0.15) is 5.75 Å². The van der Waals surface area contributed by atoms with Gasteiger partial charge in [0.05, 0.1) is 23.7 Å². The number of sulfone groups is 1. The maximum Gasteiger partial charge on any atom is 0.191 e. The highest BCUT2D eigenvalue weighted by atomic mass is 32.2. The molecule has 0 amide bonds. The Morgan fingerprint density at radius 2 is 1.79 bits per heavy atom. The molecule has 1 aromatic rings. The zero-order valence-corrected chi connectivity index (χ0v) is 19.2. The summed E-state index contributed by atoms with van der Waals surface area (Å²) in [5.74, 6) is 1.54. The lowest BCUT2D eigenvalue weighted by atomic mass is 10.1. The first kappa shape index (κ1) is 23.5. The highest BCUT2D eigenvalue weighted by Crippen LogP contribution is 2.26. The molecule has 1 heterocycles. The lowest BCUT2D eigenvalue weighted by Crippen LogP contribution is -2.44. The van der Waals surface area contributed by atoms with Crippen molar-refractivity contribution in [1.82, 2.24) is 15.5 Å². The zero-order chi connectivity index (χ0) is 21.5. The number of methoxy groups -OCH3 is 1. The van der Waals surface area contributed by atoms with Gasteiger partial charge in [0, 0.05) is 20.1 Å². The van der Waals surface area contributed by atoms with Gasteiger partial charge >= 0.3 is 0 Å². The second-order valence-electron chi connectivity index (χ2n) is 8.34. The molecule has 2 rings (SSSR count). The van der Waals surface area contributed by atoms with Crippen LogP contribution < -0.4 is 15.4 Å². The number of rotatable bonds is 8. The summed E-state index contributed by atoms with van der Waals surface area (Å²) in [7, 11) is 0.210. The molecule has 164 valence electrons. The third-order valence-electron chi connectivity index (χ3n) is 5.36. The maximum atomic E-state index is 12.3. The van der Waals surface area contributed by atoms with E-state index in [4.69, 9.17) is 4.74 Å². The largest absolute Gasteiger partial charge is 0.497 e. The average Bonchev–Trinajstić information content (AvgIpc) is 3.20. The quantitative estimate of drug-likeness (QED) is 0.492. The first-order valence-electron chi connectivity index (χ1n) is 10.2. The summed E-state index contributed by atoms with van der Waals surface area (Å²) in [5.41, 5.74) is 1.23. The van der Waals surface area contributed by atoms with Crippen molar-refractivity contribution in [2.75, 3.05) is 46.1 Å². The second kappa shape index (κ2) is 10.3. The van der Waals surface area contributed by atoms with Gasteiger partial charge in [0.2, 0.25) is 0 Å². The molecule has 0 bridgehead atoms. The van der Waals surface area contributed by atoms with Crippen LogP contribution in [-0.2, 0) is 9.84 Å². The third-order valence-corrected chi connectivity index (χ3v) is 7.97. The number of aliphatic imine (C=N–C) groups is 1. The van der Waals surface area contributed by atoms with Crippen molar-refractivity contribution in [2.24, 2.45) is 4.99 Å². The van der Waals surface area contributed by atoms with Crippen molar-refractivity contribution in [1.29, 1.82) is 0 Å². The van der Waals surface area contributed by atoms with Crippen molar-refractivity contribution >= 4 is 15.8 Å². The van der Waals surface area contributed by atoms with Crippen LogP contribution in [0.5, 0.6) is 5.75 Å². The van der Waals surface area contributed by atoms with E-state index in [1.54, 1.807) is 34.9 Å². The van der Waals surface area contributed by atoms with Crippen LogP contribution in [-0.4, -0.2) is 70.1 Å². The minimum atomic E-state index is -3.16. The van der Waals surface area contributed by atoms with Crippen LogP contribution in [0.4, 0.5) is 0 Å². The third kappa shape index (κ3) is 6.60. The fourth-order valence-electron chi connectivity index (χ4n) is 3.36. The van der Waals surface area contributed by atoms with E-state index in [0.29, 0.717) is 19.0 Å². The smallest absolute Gasteiger partial charge is 0.191 e. The van der Waals surface area contributed by atoms with Gasteiger partial charge in [-0.15, -0.1) is 0 Å². The highest BCUT2D eigenvalue weighted by Gasteiger charge is 2.28. The number of hydrogen-bond donors (Lipinski definition) is 2. The molecule has 29 heavy (non-hydrogen) atoms. The van der Waals surface area contributed by atoms with Crippen molar-refractivity contribution < 1.29 is 13.2 Å². The summed E-state index contributed by atoms with van der Waals surface area (Å²) in [6.07, 6.45) is 2.43. The van der Waals surface area contributed by atoms with Crippen LogP contribution in [0.25, 0.3) is 0 Å². The fraction of sp³-hybridized carbons (Fsp3) is 0.667. The second-order valence-corrected chi connectivity index (χ2v) is 11.2. The topological polar surface area (TPSA) is 83.0 Å². The number of ether oxygens (including phenoxy) is 1. The van der Waals surface area contributed by atoms with Crippen LogP contribution in [0.2, 0.25) is 0 Å². The summed E-state index contributed by atoms with van der Waals surface area (Å²) < 4.78 is 29.1. The van der Waals surface area contributed by atoms with Gasteiger partial charge in [-0.2, -0.15) is 0 Å². The molecule has 1 unspecified atom stereocenters. The van der Waals surface area contributed by atoms with Gasteiger partial charge in [-0.05, 0) is 64.4 Å². The van der Waals surface area contributed by atoms with E-state index in [2.05, 4.69) is 32.7 Å². The summed E-state index contributed by atoms with van der Waals surface area (Å²) >= 11 is 0. The molecule has 1 aliphatic rings. The van der Waals surface area contributed by atoms with Gasteiger partial charge in [-0.3, -0.25) is 9.89 Å². The Bertz CT molecular complexity index is 764. The molecule has 1 aromatic carbocycles. The van der Waals surface area contributed by atoms with Gasteiger partial charge in [0.15, 0.2) is 15.8 Å². The molecule has 0 saturated carbocycles. The Morgan fingerprint density at radius 1 is 1.17 bits per heavy atom. The van der Waals surface area contributed by atoms with E-state index in [9.17, 15) is 8.42 Å². The van der Waals surface area contributed by atoms with Crippen molar-refractivity contribution in [3.8, 4) is 5.75 Å². The molecule has 1 aliphatic heterocycles. The molecule has 1 saturated heterocycles. The molecular weight excluding hydrogens is 388 g/mol. The maximum absolute atomic E-state index is 12.3. The van der Waals surface area contributed by atoms with E-state index < -0.39 is 14.6 Å². The molecule has 1 atom stereocenters. The van der Waals surface area contributed by atoms with Crippen LogP contribution >= 0.6 is 0 Å². The minimum absolute atomic E-state index is 0.0746. The van der Waals surface area contributed by atoms with Gasteiger partial charge < -0.3 is 15.4 Å². The Morgan fingerprint density at radius 3 is 2.31 bits per heavy atom. The Hall–Kier alpha value is -1.80. The summed E-state index contributed by atoms with van der Waals surface area (Å²) in [6, 6.07) is 8.41. The van der Waals surface area contributed by atoms with Crippen LogP contribution in [0.3, 0.4) is 0 Å². The minimum Gasteiger partial charge on any atom is -0.497 e. The molecule has 0 aromatic heterocycles. The molecule has 8 heteroatoms.